The van der Waals surface area contributed by atoms with Gasteiger partial charge in [-0.1, -0.05) is 0 Å². The fourth-order valence-corrected chi connectivity index (χ4v) is 3.29. The van der Waals surface area contributed by atoms with Crippen LogP contribution in [-0.2, 0) is 0 Å². The average molecular weight is 447 g/mol. The molecule has 3 N–H and O–H groups in total. The Kier molecular flexibility index (Phi) is 5.28. The van der Waals surface area contributed by atoms with Gasteiger partial charge in [0.05, 0.1) is 17.1 Å². The molecular weight excluding hydrogens is 430 g/mol. The number of rotatable bonds is 5. The summed E-state index contributed by atoms with van der Waals surface area (Å²) in [5.41, 5.74) is 8.85. The van der Waals surface area contributed by atoms with Gasteiger partial charge in [-0.25, -0.2) is 19.3 Å². The number of aryl methyl sites for hydroxylation is 3. The summed E-state index contributed by atoms with van der Waals surface area (Å²) in [7, 11) is 0. The molecule has 0 unspecified atom stereocenters. The first-order valence-electron chi connectivity index (χ1n) is 9.31. The van der Waals surface area contributed by atoms with Gasteiger partial charge in [0.15, 0.2) is 34.7 Å². The fourth-order valence-electron chi connectivity index (χ4n) is 3.29. The van der Waals surface area contributed by atoms with Gasteiger partial charge in [0.2, 0.25) is 5.82 Å². The molecule has 0 amide bonds. The molecule has 4 aromatic rings. The van der Waals surface area contributed by atoms with Crippen molar-refractivity contribution < 1.29 is 22.3 Å². The van der Waals surface area contributed by atoms with Crippen LogP contribution in [0.4, 0.5) is 34.9 Å². The highest BCUT2D eigenvalue weighted by molar-refractivity contribution is 5.68. The topological polar surface area (TPSA) is 103 Å². The molecule has 0 saturated heterocycles. The van der Waals surface area contributed by atoms with Crippen LogP contribution < -0.4 is 15.8 Å². The molecule has 0 atom stereocenters. The van der Waals surface area contributed by atoms with Crippen molar-refractivity contribution in [2.45, 2.75) is 27.4 Å². The summed E-state index contributed by atoms with van der Waals surface area (Å²) in [5.74, 6) is -3.34. The SMILES string of the molecule is Cc1cn2c(-c3nc(N)c(F)c(Nc4ccc(OC(F)F)c(F)c4)n3)c(C)nc2c(C)n1. The van der Waals surface area contributed by atoms with E-state index in [1.807, 2.05) is 6.92 Å². The minimum Gasteiger partial charge on any atom is -0.432 e. The number of anilines is 3. The number of halogens is 4. The first-order chi connectivity index (χ1) is 15.1. The van der Waals surface area contributed by atoms with Crippen LogP contribution in [0.5, 0.6) is 5.75 Å². The smallest absolute Gasteiger partial charge is 0.387 e. The predicted molar refractivity (Wildman–Crippen MR) is 109 cm³/mol. The third-order valence-corrected chi connectivity index (χ3v) is 4.57. The van der Waals surface area contributed by atoms with E-state index in [0.29, 0.717) is 22.7 Å². The highest BCUT2D eigenvalue weighted by atomic mass is 19.3. The van der Waals surface area contributed by atoms with E-state index in [-0.39, 0.29) is 17.3 Å². The minimum atomic E-state index is -3.18. The first kappa shape index (κ1) is 21.3. The molecular formula is C20H17F4N7O. The van der Waals surface area contributed by atoms with E-state index in [0.717, 1.165) is 17.8 Å². The Balaban J connectivity index is 1.78. The van der Waals surface area contributed by atoms with Crippen molar-refractivity contribution in [1.29, 1.82) is 0 Å². The highest BCUT2D eigenvalue weighted by Crippen LogP contribution is 2.30. The second-order valence-corrected chi connectivity index (χ2v) is 6.95. The maximum atomic E-state index is 14.6. The maximum Gasteiger partial charge on any atom is 0.387 e. The first-order valence-corrected chi connectivity index (χ1v) is 9.31. The largest absolute Gasteiger partial charge is 0.432 e. The zero-order valence-corrected chi connectivity index (χ0v) is 17.1. The normalized spacial score (nSPS) is 11.4. The number of nitrogen functional groups attached to an aromatic ring is 1. The molecule has 4 rings (SSSR count). The number of ether oxygens (including phenoxy) is 1. The van der Waals surface area contributed by atoms with Crippen LogP contribution in [0.1, 0.15) is 17.1 Å². The van der Waals surface area contributed by atoms with Gasteiger partial charge in [0, 0.05) is 18.0 Å². The number of benzene rings is 1. The molecule has 8 nitrogen and oxygen atoms in total. The summed E-state index contributed by atoms with van der Waals surface area (Å²) in [5, 5.41) is 2.60. The highest BCUT2D eigenvalue weighted by Gasteiger charge is 2.20. The summed E-state index contributed by atoms with van der Waals surface area (Å²) < 4.78 is 59.1. The van der Waals surface area contributed by atoms with Crippen molar-refractivity contribution >= 4 is 23.0 Å². The molecule has 3 aromatic heterocycles. The molecule has 0 fully saturated rings. The lowest BCUT2D eigenvalue weighted by atomic mass is 10.2. The lowest BCUT2D eigenvalue weighted by molar-refractivity contribution is -0.0521. The van der Waals surface area contributed by atoms with E-state index in [1.54, 1.807) is 24.4 Å². The lowest BCUT2D eigenvalue weighted by Crippen LogP contribution is -2.08. The summed E-state index contributed by atoms with van der Waals surface area (Å²) >= 11 is 0. The van der Waals surface area contributed by atoms with Crippen molar-refractivity contribution in [2.24, 2.45) is 0 Å². The Morgan fingerprint density at radius 2 is 1.78 bits per heavy atom. The molecule has 0 bridgehead atoms. The Morgan fingerprint density at radius 1 is 1.03 bits per heavy atom. The summed E-state index contributed by atoms with van der Waals surface area (Å²) in [4.78, 5) is 17.1. The van der Waals surface area contributed by atoms with E-state index in [4.69, 9.17) is 5.73 Å². The Bertz CT molecular complexity index is 1340. The maximum absolute atomic E-state index is 14.6. The number of alkyl halides is 2. The van der Waals surface area contributed by atoms with Gasteiger partial charge in [-0.15, -0.1) is 0 Å². The van der Waals surface area contributed by atoms with Crippen LogP contribution in [0, 0.1) is 32.4 Å². The third-order valence-electron chi connectivity index (χ3n) is 4.57. The number of nitrogens with one attached hydrogen (secondary N) is 1. The molecule has 0 aliphatic carbocycles. The molecule has 1 aromatic carbocycles. The van der Waals surface area contributed by atoms with Crippen molar-refractivity contribution in [3.05, 3.63) is 53.1 Å². The Morgan fingerprint density at radius 3 is 2.47 bits per heavy atom. The quantitative estimate of drug-likeness (QED) is 0.439. The molecule has 0 spiro atoms. The summed E-state index contributed by atoms with van der Waals surface area (Å²) in [6.45, 7) is 2.18. The lowest BCUT2D eigenvalue weighted by Gasteiger charge is -2.12. The molecule has 32 heavy (non-hydrogen) atoms. The van der Waals surface area contributed by atoms with Gasteiger partial charge >= 0.3 is 6.61 Å². The third kappa shape index (κ3) is 3.86. The van der Waals surface area contributed by atoms with Crippen LogP contribution in [0.3, 0.4) is 0 Å². The van der Waals surface area contributed by atoms with Gasteiger partial charge in [-0.3, -0.25) is 9.38 Å². The molecule has 0 aliphatic heterocycles. The van der Waals surface area contributed by atoms with Crippen molar-refractivity contribution in [3.8, 4) is 17.3 Å². The van der Waals surface area contributed by atoms with Gasteiger partial charge < -0.3 is 15.8 Å². The van der Waals surface area contributed by atoms with Gasteiger partial charge in [0.25, 0.3) is 0 Å². The van der Waals surface area contributed by atoms with E-state index < -0.39 is 29.8 Å². The number of nitrogens with zero attached hydrogens (tertiary/aromatic N) is 5. The van der Waals surface area contributed by atoms with E-state index in [9.17, 15) is 17.6 Å². The van der Waals surface area contributed by atoms with Crippen LogP contribution in [0.2, 0.25) is 0 Å². The van der Waals surface area contributed by atoms with Crippen molar-refractivity contribution in [1.82, 2.24) is 24.3 Å². The predicted octanol–water partition coefficient (Wildman–Crippen LogP) is 4.32. The molecule has 0 radical (unpaired) electrons. The van der Waals surface area contributed by atoms with Crippen LogP contribution in [0.15, 0.2) is 24.4 Å². The fraction of sp³-hybridized carbons (Fsp3) is 0.200. The van der Waals surface area contributed by atoms with Crippen LogP contribution in [-0.4, -0.2) is 30.9 Å². The Hall–Kier alpha value is -3.96. The zero-order chi connectivity index (χ0) is 23.2. The molecule has 0 saturated carbocycles. The zero-order valence-electron chi connectivity index (χ0n) is 17.1. The number of hydrogen-bond donors (Lipinski definition) is 2. The molecule has 166 valence electrons. The standard InChI is InChI=1S/C20H17F4N7O/c1-8-7-31-15(9(2)27-19(31)10(3)26-8)18-29-16(25)14(22)17(30-18)28-11-4-5-13(12(21)6-11)32-20(23)24/h4-7,20H,1-3H3,(H3,25,28,29,30). The monoisotopic (exact) mass is 447 g/mol. The van der Waals surface area contributed by atoms with Crippen molar-refractivity contribution in [2.75, 3.05) is 11.1 Å². The summed E-state index contributed by atoms with van der Waals surface area (Å²) in [6, 6.07) is 3.09. The van der Waals surface area contributed by atoms with Crippen LogP contribution in [0.25, 0.3) is 17.2 Å². The minimum absolute atomic E-state index is 0.0396. The van der Waals surface area contributed by atoms with E-state index in [1.165, 1.54) is 6.07 Å². The van der Waals surface area contributed by atoms with E-state index in [2.05, 4.69) is 30.0 Å². The number of nitrogens with two attached hydrogens (primary N) is 1. The number of fused-ring (bicyclic) bond motifs is 1. The number of hydrogen-bond acceptors (Lipinski definition) is 7. The molecule has 0 aliphatic rings. The van der Waals surface area contributed by atoms with Crippen molar-refractivity contribution in [3.63, 3.8) is 0 Å². The molecule has 3 heterocycles. The summed E-state index contributed by atoms with van der Waals surface area (Å²) in [6.07, 6.45) is 1.74. The average Bonchev–Trinajstić information content (AvgIpc) is 3.03. The van der Waals surface area contributed by atoms with E-state index >= 15 is 0 Å². The van der Waals surface area contributed by atoms with Gasteiger partial charge in [-0.05, 0) is 32.9 Å². The molecule has 12 heteroatoms. The van der Waals surface area contributed by atoms with Gasteiger partial charge in [-0.2, -0.15) is 13.2 Å². The second-order valence-electron chi connectivity index (χ2n) is 6.95. The number of aromatic nitrogens is 5. The van der Waals surface area contributed by atoms with Gasteiger partial charge in [0.1, 0.15) is 5.69 Å². The Labute approximate surface area is 179 Å². The second kappa shape index (κ2) is 7.94. The van der Waals surface area contributed by atoms with Crippen LogP contribution >= 0.6 is 0 Å². The number of imidazole rings is 1.